The molecule has 25 heavy (non-hydrogen) atoms. The summed E-state index contributed by atoms with van der Waals surface area (Å²) in [5.74, 6) is 0. The van der Waals surface area contributed by atoms with Crippen LogP contribution in [0.4, 0.5) is 0 Å². The molecule has 20 nitrogen and oxygen atoms in total. The molecule has 0 aliphatic rings. The van der Waals surface area contributed by atoms with Crippen molar-refractivity contribution in [1.29, 1.82) is 0 Å². The molecule has 0 unspecified atom stereocenters. The average molecular weight is 742 g/mol. The van der Waals surface area contributed by atoms with E-state index in [0.717, 1.165) is 0 Å². The zero-order chi connectivity index (χ0) is 13.5. The van der Waals surface area contributed by atoms with E-state index in [4.69, 9.17) is 52.6 Å². The van der Waals surface area contributed by atoms with Crippen molar-refractivity contribution in [3.05, 3.63) is 0 Å². The van der Waals surface area contributed by atoms with E-state index in [2.05, 4.69) is 0 Å². The molecule has 0 aromatic carbocycles. The molecule has 0 aliphatic carbocycles. The van der Waals surface area contributed by atoms with Crippen molar-refractivity contribution in [2.75, 3.05) is 0 Å². The molecule has 0 heterocycles. The fraction of sp³-hybridized carbons (Fsp3) is 0. The van der Waals surface area contributed by atoms with Gasteiger partial charge in [0.25, 0.3) is 0 Å². The molecule has 25 heteroatoms. The molecule has 174 valence electrons. The summed E-state index contributed by atoms with van der Waals surface area (Å²) < 4.78 is 94.8. The van der Waals surface area contributed by atoms with E-state index >= 15 is 0 Å². The first-order chi connectivity index (χ1) is 6.00. The summed E-state index contributed by atoms with van der Waals surface area (Å²) in [7, 11) is -14.0. The van der Waals surface area contributed by atoms with Gasteiger partial charge in [0.2, 0.25) is 0 Å². The summed E-state index contributed by atoms with van der Waals surface area (Å²) in [5.41, 5.74) is 0. The van der Waals surface area contributed by atoms with Crippen molar-refractivity contribution >= 4 is 31.2 Å². The van der Waals surface area contributed by atoms with Gasteiger partial charge in [0.05, 0.1) is 0 Å². The van der Waals surface area contributed by atoms with Gasteiger partial charge in [0.1, 0.15) is 0 Å². The summed E-state index contributed by atoms with van der Waals surface area (Å²) >= 11 is 0. The number of rotatable bonds is 0. The van der Waals surface area contributed by atoms with Crippen molar-refractivity contribution < 1.29 is 195 Å². The zero-order valence-corrected chi connectivity index (χ0v) is 18.4. The van der Waals surface area contributed by atoms with Crippen LogP contribution in [0.5, 0.6) is 0 Å². The Balaban J connectivity index is -0.00000000655. The quantitative estimate of drug-likeness (QED) is 0.126. The normalized spacial score (nSPS) is 6.96. The van der Waals surface area contributed by atoms with Crippen LogP contribution >= 0.6 is 0 Å². The second kappa shape index (κ2) is 41.0. The molecule has 0 aliphatic heterocycles. The first-order valence-corrected chi connectivity index (χ1v) is 6.29. The van der Waals surface area contributed by atoms with Gasteiger partial charge in [0, 0.05) is 98.8 Å². The third kappa shape index (κ3) is 2620. The van der Waals surface area contributed by atoms with Crippen molar-refractivity contribution in [2.24, 2.45) is 0 Å². The van der Waals surface area contributed by atoms with Crippen LogP contribution in [-0.2, 0) is 31.2 Å². The molecule has 0 spiro atoms. The molecule has 0 saturated heterocycles. The van der Waals surface area contributed by atoms with Crippen LogP contribution in [0.25, 0.3) is 0 Å². The van der Waals surface area contributed by atoms with E-state index in [0.29, 0.717) is 0 Å². The van der Waals surface area contributed by atoms with Crippen molar-refractivity contribution in [2.45, 2.75) is 0 Å². The molecule has 2 radical (unpaired) electrons. The molecule has 0 bridgehead atoms. The first kappa shape index (κ1) is 92.0. The van der Waals surface area contributed by atoms with Crippen LogP contribution in [-0.4, -0.2) is 96.4 Å². The van der Waals surface area contributed by atoms with Gasteiger partial charge >= 0.3 is 31.2 Å². The summed E-state index contributed by atoms with van der Waals surface area (Å²) in [6.07, 6.45) is 0. The first-order valence-electron chi connectivity index (χ1n) is 2.10. The molecule has 0 saturated carbocycles. The maximum Gasteiger partial charge on any atom is 0.394 e. The van der Waals surface area contributed by atoms with Crippen LogP contribution in [0.15, 0.2) is 0 Å². The second-order valence-electron chi connectivity index (χ2n) is 1.34. The van der Waals surface area contributed by atoms with Crippen LogP contribution in [0.2, 0.25) is 0 Å². The third-order valence-electron chi connectivity index (χ3n) is 0. The SMILES string of the molecule is O.O.O.O.O.O.O.O.O=S(=O)(O)O.O=S(=O)(O)O.O=S(=O)(O)O.[Eu].[Eu]. The Bertz CT molecular complexity index is 344. The molecule has 22 N–H and O–H groups in total. The largest absolute Gasteiger partial charge is 0.412 e. The Morgan fingerprint density at radius 1 is 0.320 bits per heavy atom. The van der Waals surface area contributed by atoms with Gasteiger partial charge in [-0.3, -0.25) is 27.3 Å². The van der Waals surface area contributed by atoms with Gasteiger partial charge in [-0.05, 0) is 0 Å². The summed E-state index contributed by atoms with van der Waals surface area (Å²) in [4.78, 5) is 0. The maximum atomic E-state index is 8.74. The fourth-order valence-electron chi connectivity index (χ4n) is 0. The van der Waals surface area contributed by atoms with E-state index in [1.807, 2.05) is 0 Å². The molecule has 0 aromatic rings. The molecular weight excluding hydrogens is 720 g/mol. The molecule has 0 atom stereocenters. The summed E-state index contributed by atoms with van der Waals surface area (Å²) in [6, 6.07) is 0. The summed E-state index contributed by atoms with van der Waals surface area (Å²) in [5, 5.41) is 0. The van der Waals surface area contributed by atoms with E-state index in [9.17, 15) is 0 Å². The van der Waals surface area contributed by atoms with Gasteiger partial charge in [-0.25, -0.2) is 0 Å². The van der Waals surface area contributed by atoms with Crippen molar-refractivity contribution in [3.8, 4) is 0 Å². The number of hydrogen-bond acceptors (Lipinski definition) is 6. The monoisotopic (exact) mass is 744 g/mol. The predicted molar refractivity (Wildman–Crippen MR) is 71.4 cm³/mol. The fourth-order valence-corrected chi connectivity index (χ4v) is 0. The molecule has 0 aromatic heterocycles. The van der Waals surface area contributed by atoms with Crippen LogP contribution in [0.1, 0.15) is 0 Å². The van der Waals surface area contributed by atoms with Crippen LogP contribution in [0, 0.1) is 98.8 Å². The topological polar surface area (TPSA) is 476 Å². The van der Waals surface area contributed by atoms with Crippen molar-refractivity contribution in [3.63, 3.8) is 0 Å². The van der Waals surface area contributed by atoms with Crippen molar-refractivity contribution in [1.82, 2.24) is 0 Å². The minimum absolute atomic E-state index is 0. The van der Waals surface area contributed by atoms with Gasteiger partial charge in [-0.15, -0.1) is 0 Å². The smallest absolute Gasteiger partial charge is 0.394 e. The predicted octanol–water partition coefficient (Wildman–Crippen LogP) is -8.56. The van der Waals surface area contributed by atoms with E-state index in [1.165, 1.54) is 0 Å². The van der Waals surface area contributed by atoms with E-state index < -0.39 is 31.2 Å². The third-order valence-corrected chi connectivity index (χ3v) is 0. The Hall–Kier alpha value is 2.46. The molecule has 0 fully saturated rings. The Labute approximate surface area is 222 Å². The minimum Gasteiger partial charge on any atom is -0.412 e. The molecule has 0 amide bonds. The average Bonchev–Trinajstić information content (AvgIpc) is 1.41. The standard InChI is InChI=1S/2Eu.3H2O4S.8H2O/c;;3*1-5(2,3)4;;;;;;;;/h;;3*(H2,1,2,3,4);8*1H2. The summed E-state index contributed by atoms with van der Waals surface area (Å²) in [6.45, 7) is 0. The van der Waals surface area contributed by atoms with Crippen LogP contribution < -0.4 is 0 Å². The van der Waals surface area contributed by atoms with E-state index in [-0.39, 0.29) is 143 Å². The Morgan fingerprint density at radius 2 is 0.320 bits per heavy atom. The number of hydrogen-bond donors (Lipinski definition) is 6. The Kier molecular flexibility index (Phi) is 151. The second-order valence-corrected chi connectivity index (χ2v) is 4.03. The Morgan fingerprint density at radius 3 is 0.320 bits per heavy atom. The molecule has 0 rings (SSSR count). The van der Waals surface area contributed by atoms with Gasteiger partial charge < -0.3 is 43.8 Å². The maximum absolute atomic E-state index is 8.74. The minimum atomic E-state index is -4.67. The van der Waals surface area contributed by atoms with Crippen LogP contribution in [0.3, 0.4) is 0 Å². The van der Waals surface area contributed by atoms with E-state index in [1.54, 1.807) is 0 Å². The van der Waals surface area contributed by atoms with Gasteiger partial charge in [-0.1, -0.05) is 0 Å². The zero-order valence-electron chi connectivity index (χ0n) is 11.1. The molecular formula is H22Eu2O20S3. The van der Waals surface area contributed by atoms with Gasteiger partial charge in [0.15, 0.2) is 0 Å². The van der Waals surface area contributed by atoms with Gasteiger partial charge in [-0.2, -0.15) is 25.3 Å².